The fourth-order valence-electron chi connectivity index (χ4n) is 2.92. The number of likely N-dealkylation sites (N-methyl/N-ethyl adjacent to an activating group) is 1. The van der Waals surface area contributed by atoms with E-state index in [1.807, 2.05) is 31.3 Å². The van der Waals surface area contributed by atoms with E-state index in [0.717, 1.165) is 49.9 Å². The van der Waals surface area contributed by atoms with Crippen LogP contribution in [-0.4, -0.2) is 76.2 Å². The van der Waals surface area contributed by atoms with Crippen LogP contribution in [0, 0.1) is 5.92 Å². The van der Waals surface area contributed by atoms with Gasteiger partial charge >= 0.3 is 0 Å². The van der Waals surface area contributed by atoms with Gasteiger partial charge in [-0.15, -0.1) is 0 Å². The molecule has 7 heteroatoms. The molecule has 27 heavy (non-hydrogen) atoms. The number of benzene rings is 1. The van der Waals surface area contributed by atoms with Crippen LogP contribution in [0.1, 0.15) is 18.4 Å². The highest BCUT2D eigenvalue weighted by molar-refractivity contribution is 5.86. The van der Waals surface area contributed by atoms with Gasteiger partial charge < -0.3 is 24.6 Å². The summed E-state index contributed by atoms with van der Waals surface area (Å²) in [6.07, 6.45) is 2.12. The Kier molecular flexibility index (Phi) is 8.39. The molecule has 0 spiro atoms. The van der Waals surface area contributed by atoms with E-state index in [9.17, 15) is 4.79 Å². The standard InChI is InChI=1S/C20H32N4O3/c1-23(2)19(25)14-22-20(24(3)15-17-9-11-27-12-10-17)21-13-16-5-7-18(26-4)8-6-16/h5-8,17H,9-15H2,1-4H3,(H,21,22). The molecule has 1 N–H and O–H groups in total. The van der Waals surface area contributed by atoms with Crippen molar-refractivity contribution in [1.82, 2.24) is 15.1 Å². The molecule has 1 aromatic carbocycles. The Labute approximate surface area is 162 Å². The smallest absolute Gasteiger partial charge is 0.241 e. The summed E-state index contributed by atoms with van der Waals surface area (Å²) in [5.74, 6) is 2.18. The predicted molar refractivity (Wildman–Crippen MR) is 107 cm³/mol. The van der Waals surface area contributed by atoms with Gasteiger partial charge in [-0.05, 0) is 36.5 Å². The molecule has 0 radical (unpaired) electrons. The molecule has 0 bridgehead atoms. The average Bonchev–Trinajstić information content (AvgIpc) is 2.68. The zero-order valence-electron chi connectivity index (χ0n) is 16.9. The van der Waals surface area contributed by atoms with Crippen molar-refractivity contribution in [1.29, 1.82) is 0 Å². The third-order valence-corrected chi connectivity index (χ3v) is 4.70. The Bertz CT molecular complexity index is 610. The van der Waals surface area contributed by atoms with Crippen molar-refractivity contribution in [3.63, 3.8) is 0 Å². The number of guanidine groups is 1. The first-order valence-electron chi connectivity index (χ1n) is 9.40. The van der Waals surface area contributed by atoms with Crippen molar-refractivity contribution in [2.75, 3.05) is 54.6 Å². The summed E-state index contributed by atoms with van der Waals surface area (Å²) in [5.41, 5.74) is 1.09. The Morgan fingerprint density at radius 3 is 2.48 bits per heavy atom. The lowest BCUT2D eigenvalue weighted by molar-refractivity contribution is -0.127. The second-order valence-corrected chi connectivity index (χ2v) is 7.07. The van der Waals surface area contributed by atoms with Gasteiger partial charge in [0.15, 0.2) is 5.96 Å². The van der Waals surface area contributed by atoms with Gasteiger partial charge in [-0.25, -0.2) is 4.99 Å². The summed E-state index contributed by atoms with van der Waals surface area (Å²) < 4.78 is 10.6. The third-order valence-electron chi connectivity index (χ3n) is 4.70. The van der Waals surface area contributed by atoms with Crippen LogP contribution < -0.4 is 10.1 Å². The number of rotatable bonds is 7. The van der Waals surface area contributed by atoms with E-state index in [-0.39, 0.29) is 12.5 Å². The first-order chi connectivity index (χ1) is 13.0. The Balaban J connectivity index is 2.02. The van der Waals surface area contributed by atoms with Gasteiger partial charge in [0.05, 0.1) is 20.2 Å². The molecule has 1 saturated heterocycles. The number of hydrogen-bond donors (Lipinski definition) is 1. The van der Waals surface area contributed by atoms with Crippen LogP contribution in [0.3, 0.4) is 0 Å². The molecule has 0 saturated carbocycles. The number of ether oxygens (including phenoxy) is 2. The highest BCUT2D eigenvalue weighted by Gasteiger charge is 2.18. The van der Waals surface area contributed by atoms with Crippen LogP contribution in [0.5, 0.6) is 5.75 Å². The van der Waals surface area contributed by atoms with Gasteiger partial charge in [0, 0.05) is 40.9 Å². The lowest BCUT2D eigenvalue weighted by Gasteiger charge is -2.29. The largest absolute Gasteiger partial charge is 0.497 e. The predicted octanol–water partition coefficient (Wildman–Crippen LogP) is 1.59. The van der Waals surface area contributed by atoms with Crippen LogP contribution >= 0.6 is 0 Å². The van der Waals surface area contributed by atoms with E-state index < -0.39 is 0 Å². The van der Waals surface area contributed by atoms with Crippen molar-refractivity contribution in [2.24, 2.45) is 10.9 Å². The monoisotopic (exact) mass is 376 g/mol. The van der Waals surface area contributed by atoms with E-state index in [1.165, 1.54) is 0 Å². The topological polar surface area (TPSA) is 66.4 Å². The molecule has 0 aromatic heterocycles. The number of aliphatic imine (C=N–C) groups is 1. The Hall–Kier alpha value is -2.28. The van der Waals surface area contributed by atoms with E-state index >= 15 is 0 Å². The molecule has 0 unspecified atom stereocenters. The quantitative estimate of drug-likeness (QED) is 0.578. The summed E-state index contributed by atoms with van der Waals surface area (Å²) in [6.45, 7) is 3.31. The van der Waals surface area contributed by atoms with Gasteiger partial charge in [0.2, 0.25) is 5.91 Å². The number of hydrogen-bond acceptors (Lipinski definition) is 4. The molecule has 1 amide bonds. The Morgan fingerprint density at radius 2 is 1.89 bits per heavy atom. The fraction of sp³-hybridized carbons (Fsp3) is 0.600. The Morgan fingerprint density at radius 1 is 1.22 bits per heavy atom. The minimum Gasteiger partial charge on any atom is -0.497 e. The molecule has 1 aromatic rings. The van der Waals surface area contributed by atoms with Crippen molar-refractivity contribution in [2.45, 2.75) is 19.4 Å². The highest BCUT2D eigenvalue weighted by atomic mass is 16.5. The van der Waals surface area contributed by atoms with Gasteiger partial charge in [0.1, 0.15) is 5.75 Å². The van der Waals surface area contributed by atoms with E-state index in [2.05, 4.69) is 10.2 Å². The molecule has 2 rings (SSSR count). The van der Waals surface area contributed by atoms with Gasteiger partial charge in [-0.1, -0.05) is 12.1 Å². The highest BCUT2D eigenvalue weighted by Crippen LogP contribution is 2.16. The molecule has 1 aliphatic heterocycles. The summed E-state index contributed by atoms with van der Waals surface area (Å²) in [5, 5.41) is 3.21. The molecule has 0 atom stereocenters. The number of carbonyl (C=O) groups excluding carboxylic acids is 1. The van der Waals surface area contributed by atoms with Crippen molar-refractivity contribution in [3.05, 3.63) is 29.8 Å². The van der Waals surface area contributed by atoms with Crippen LogP contribution in [0.4, 0.5) is 0 Å². The lowest BCUT2D eigenvalue weighted by atomic mass is 10.00. The van der Waals surface area contributed by atoms with Crippen LogP contribution in [0.15, 0.2) is 29.3 Å². The number of amides is 1. The maximum absolute atomic E-state index is 12.0. The van der Waals surface area contributed by atoms with Crippen molar-refractivity contribution in [3.8, 4) is 5.75 Å². The number of methoxy groups -OCH3 is 1. The summed E-state index contributed by atoms with van der Waals surface area (Å²) in [4.78, 5) is 20.4. The zero-order chi connectivity index (χ0) is 19.6. The van der Waals surface area contributed by atoms with Gasteiger partial charge in [0.25, 0.3) is 0 Å². The third kappa shape index (κ3) is 7.09. The number of nitrogens with zero attached hydrogens (tertiary/aromatic N) is 3. The fourth-order valence-corrected chi connectivity index (χ4v) is 2.92. The summed E-state index contributed by atoms with van der Waals surface area (Å²) >= 11 is 0. The molecule has 7 nitrogen and oxygen atoms in total. The minimum atomic E-state index is 0.0200. The summed E-state index contributed by atoms with van der Waals surface area (Å²) in [7, 11) is 7.19. The van der Waals surface area contributed by atoms with E-state index in [0.29, 0.717) is 12.5 Å². The maximum atomic E-state index is 12.0. The van der Waals surface area contributed by atoms with E-state index in [4.69, 9.17) is 14.5 Å². The molecular formula is C20H32N4O3. The molecule has 1 fully saturated rings. The lowest BCUT2D eigenvalue weighted by Crippen LogP contribution is -2.45. The molecule has 1 aliphatic rings. The van der Waals surface area contributed by atoms with Crippen LogP contribution in [0.25, 0.3) is 0 Å². The normalized spacial score (nSPS) is 15.3. The second kappa shape index (κ2) is 10.8. The van der Waals surface area contributed by atoms with Crippen molar-refractivity contribution < 1.29 is 14.3 Å². The molecular weight excluding hydrogens is 344 g/mol. The van der Waals surface area contributed by atoms with Crippen molar-refractivity contribution >= 4 is 11.9 Å². The van der Waals surface area contributed by atoms with Crippen LogP contribution in [-0.2, 0) is 16.1 Å². The van der Waals surface area contributed by atoms with Crippen LogP contribution in [0.2, 0.25) is 0 Å². The number of nitrogens with one attached hydrogen (secondary N) is 1. The minimum absolute atomic E-state index is 0.0200. The molecule has 150 valence electrons. The summed E-state index contributed by atoms with van der Waals surface area (Å²) in [6, 6.07) is 7.87. The first kappa shape index (κ1) is 21.0. The first-order valence-corrected chi connectivity index (χ1v) is 9.40. The molecule has 0 aliphatic carbocycles. The zero-order valence-corrected chi connectivity index (χ0v) is 16.9. The average molecular weight is 377 g/mol. The second-order valence-electron chi connectivity index (χ2n) is 7.07. The SMILES string of the molecule is COc1ccc(CN=C(NCC(=O)N(C)C)N(C)CC2CCOCC2)cc1. The number of carbonyl (C=O) groups is 1. The molecule has 1 heterocycles. The van der Waals surface area contributed by atoms with Gasteiger partial charge in [-0.2, -0.15) is 0 Å². The van der Waals surface area contributed by atoms with E-state index in [1.54, 1.807) is 26.1 Å². The maximum Gasteiger partial charge on any atom is 0.241 e. The van der Waals surface area contributed by atoms with Gasteiger partial charge in [-0.3, -0.25) is 4.79 Å².